The van der Waals surface area contributed by atoms with Crippen molar-refractivity contribution < 1.29 is 14.3 Å². The van der Waals surface area contributed by atoms with E-state index in [1.54, 1.807) is 20.8 Å². The lowest BCUT2D eigenvalue weighted by atomic mass is 10.2. The number of aromatic amines is 1. The summed E-state index contributed by atoms with van der Waals surface area (Å²) in [4.78, 5) is 26.7. The average Bonchev–Trinajstić information content (AvgIpc) is 2.74. The summed E-state index contributed by atoms with van der Waals surface area (Å²) in [5.74, 6) is 0.234. The highest BCUT2D eigenvalue weighted by molar-refractivity contribution is 5.93. The van der Waals surface area contributed by atoms with Gasteiger partial charge in [0.05, 0.1) is 13.4 Å². The Bertz CT molecular complexity index is 602. The predicted octanol–water partition coefficient (Wildman–Crippen LogP) is 1.71. The minimum atomic E-state index is -0.613. The van der Waals surface area contributed by atoms with Crippen LogP contribution < -0.4 is 10.1 Å². The Morgan fingerprint density at radius 2 is 2.11 bits per heavy atom. The number of methoxy groups -OCH3 is 1. The number of hydrogen-bond donors (Lipinski definition) is 2. The van der Waals surface area contributed by atoms with Gasteiger partial charge in [-0.2, -0.15) is 9.97 Å². The number of anilines is 1. The van der Waals surface area contributed by atoms with Gasteiger partial charge in [0, 0.05) is 0 Å². The molecule has 0 atom stereocenters. The molecule has 8 heteroatoms. The summed E-state index contributed by atoms with van der Waals surface area (Å²) in [5.41, 5.74) is 0.316. The van der Waals surface area contributed by atoms with Crippen molar-refractivity contribution in [2.45, 2.75) is 26.4 Å². The zero-order valence-electron chi connectivity index (χ0n) is 11.1. The van der Waals surface area contributed by atoms with Crippen molar-refractivity contribution in [1.82, 2.24) is 19.9 Å². The number of carbonyl (C=O) groups is 1. The lowest BCUT2D eigenvalue weighted by molar-refractivity contribution is 0.0635. The highest BCUT2D eigenvalue weighted by Gasteiger charge is 2.19. The molecule has 2 aromatic heterocycles. The largest absolute Gasteiger partial charge is 0.467 e. The molecule has 0 unspecified atom stereocenters. The van der Waals surface area contributed by atoms with Gasteiger partial charge in [-0.3, -0.25) is 5.32 Å². The Labute approximate surface area is 109 Å². The molecule has 0 fully saturated rings. The second-order valence-electron chi connectivity index (χ2n) is 4.79. The molecular formula is C11H15N5O3. The van der Waals surface area contributed by atoms with Crippen LogP contribution in [0.3, 0.4) is 0 Å². The fourth-order valence-electron chi connectivity index (χ4n) is 1.39. The molecule has 0 saturated carbocycles. The van der Waals surface area contributed by atoms with E-state index >= 15 is 0 Å². The minimum Gasteiger partial charge on any atom is -0.467 e. The standard InChI is InChI=1S/C11H15N5O3/c1-11(2,3)19-10(17)16-8-6-7(13-5-12-6)14-9(15-8)18-4/h5H,1-4H3,(H2,12,13,14,15,16,17). The summed E-state index contributed by atoms with van der Waals surface area (Å²) < 4.78 is 10.1. The number of aromatic nitrogens is 4. The van der Waals surface area contributed by atoms with Gasteiger partial charge in [0.1, 0.15) is 5.60 Å². The van der Waals surface area contributed by atoms with E-state index in [4.69, 9.17) is 9.47 Å². The number of H-pyrrole nitrogens is 1. The zero-order valence-corrected chi connectivity index (χ0v) is 11.1. The van der Waals surface area contributed by atoms with Crippen LogP contribution in [0.25, 0.3) is 11.2 Å². The summed E-state index contributed by atoms with van der Waals surface area (Å²) >= 11 is 0. The van der Waals surface area contributed by atoms with Crippen LogP contribution in [-0.2, 0) is 4.74 Å². The molecule has 0 aliphatic carbocycles. The minimum absolute atomic E-state index is 0.128. The van der Waals surface area contributed by atoms with Crippen LogP contribution in [-0.4, -0.2) is 38.7 Å². The fourth-order valence-corrected chi connectivity index (χ4v) is 1.39. The number of hydrogen-bond acceptors (Lipinski definition) is 6. The third-order valence-electron chi connectivity index (χ3n) is 2.06. The van der Waals surface area contributed by atoms with Crippen LogP contribution >= 0.6 is 0 Å². The van der Waals surface area contributed by atoms with Gasteiger partial charge in [-0.15, -0.1) is 0 Å². The Balaban J connectivity index is 2.29. The van der Waals surface area contributed by atoms with Crippen molar-refractivity contribution in [1.29, 1.82) is 0 Å². The molecule has 0 aliphatic heterocycles. The molecule has 0 bridgehead atoms. The molecule has 102 valence electrons. The number of amides is 1. The first-order valence-corrected chi connectivity index (χ1v) is 5.64. The van der Waals surface area contributed by atoms with Crippen molar-refractivity contribution in [2.24, 2.45) is 0 Å². The summed E-state index contributed by atoms with van der Waals surface area (Å²) in [6.07, 6.45) is 0.844. The second kappa shape index (κ2) is 4.71. The van der Waals surface area contributed by atoms with Gasteiger partial charge in [0.2, 0.25) is 0 Å². The highest BCUT2D eigenvalue weighted by Crippen LogP contribution is 2.20. The van der Waals surface area contributed by atoms with Crippen molar-refractivity contribution in [3.05, 3.63) is 6.33 Å². The normalized spacial score (nSPS) is 11.4. The molecule has 2 rings (SSSR count). The van der Waals surface area contributed by atoms with Gasteiger partial charge in [-0.25, -0.2) is 9.78 Å². The first-order valence-electron chi connectivity index (χ1n) is 5.64. The van der Waals surface area contributed by atoms with Gasteiger partial charge < -0.3 is 14.5 Å². The van der Waals surface area contributed by atoms with Crippen LogP contribution in [0.4, 0.5) is 10.6 Å². The average molecular weight is 265 g/mol. The monoisotopic (exact) mass is 265 g/mol. The first kappa shape index (κ1) is 13.1. The van der Waals surface area contributed by atoms with E-state index in [1.165, 1.54) is 13.4 Å². The van der Waals surface area contributed by atoms with E-state index in [9.17, 15) is 4.79 Å². The van der Waals surface area contributed by atoms with Gasteiger partial charge in [-0.1, -0.05) is 0 Å². The fraction of sp³-hybridized carbons (Fsp3) is 0.455. The summed E-state index contributed by atoms with van der Waals surface area (Å²) in [7, 11) is 1.44. The lowest BCUT2D eigenvalue weighted by Gasteiger charge is -2.19. The first-order chi connectivity index (χ1) is 8.89. The Hall–Kier alpha value is -2.38. The molecule has 19 heavy (non-hydrogen) atoms. The van der Waals surface area contributed by atoms with Gasteiger partial charge in [-0.05, 0) is 20.8 Å². The predicted molar refractivity (Wildman–Crippen MR) is 68.1 cm³/mol. The van der Waals surface area contributed by atoms with E-state index in [-0.39, 0.29) is 11.8 Å². The molecule has 0 saturated heterocycles. The number of fused-ring (bicyclic) bond motifs is 1. The van der Waals surface area contributed by atoms with E-state index in [2.05, 4.69) is 25.3 Å². The highest BCUT2D eigenvalue weighted by atomic mass is 16.6. The molecule has 2 heterocycles. The summed E-state index contributed by atoms with van der Waals surface area (Å²) in [5, 5.41) is 2.53. The topological polar surface area (TPSA) is 102 Å². The number of rotatable bonds is 2. The van der Waals surface area contributed by atoms with Crippen LogP contribution in [0.15, 0.2) is 6.33 Å². The number of nitrogens with zero attached hydrogens (tertiary/aromatic N) is 3. The molecule has 0 radical (unpaired) electrons. The lowest BCUT2D eigenvalue weighted by Crippen LogP contribution is -2.27. The van der Waals surface area contributed by atoms with Crippen LogP contribution in [0.1, 0.15) is 20.8 Å². The van der Waals surface area contributed by atoms with Crippen molar-refractivity contribution in [2.75, 3.05) is 12.4 Å². The Morgan fingerprint density at radius 3 is 2.74 bits per heavy atom. The van der Waals surface area contributed by atoms with Gasteiger partial charge in [0.15, 0.2) is 17.0 Å². The van der Waals surface area contributed by atoms with E-state index in [0.29, 0.717) is 11.2 Å². The third kappa shape index (κ3) is 3.09. The van der Waals surface area contributed by atoms with E-state index in [0.717, 1.165) is 0 Å². The maximum absolute atomic E-state index is 11.7. The van der Waals surface area contributed by atoms with Crippen molar-refractivity contribution in [3.8, 4) is 6.01 Å². The number of ether oxygens (including phenoxy) is 2. The Morgan fingerprint density at radius 1 is 1.37 bits per heavy atom. The van der Waals surface area contributed by atoms with Crippen molar-refractivity contribution in [3.63, 3.8) is 0 Å². The maximum atomic E-state index is 11.7. The summed E-state index contributed by atoms with van der Waals surface area (Å²) in [6, 6.07) is 0.128. The molecule has 0 aromatic carbocycles. The Kier molecular flexibility index (Phi) is 3.24. The molecule has 0 aliphatic rings. The number of nitrogens with one attached hydrogen (secondary N) is 2. The summed E-state index contributed by atoms with van der Waals surface area (Å²) in [6.45, 7) is 5.33. The van der Waals surface area contributed by atoms with Crippen LogP contribution in [0.2, 0.25) is 0 Å². The van der Waals surface area contributed by atoms with Gasteiger partial charge in [0.25, 0.3) is 0 Å². The second-order valence-corrected chi connectivity index (χ2v) is 4.79. The van der Waals surface area contributed by atoms with E-state index in [1.807, 2.05) is 0 Å². The quantitative estimate of drug-likeness (QED) is 0.857. The number of imidazole rings is 1. The van der Waals surface area contributed by atoms with E-state index < -0.39 is 11.7 Å². The van der Waals surface area contributed by atoms with Crippen LogP contribution in [0, 0.1) is 0 Å². The number of carbonyl (C=O) groups excluding carboxylic acids is 1. The van der Waals surface area contributed by atoms with Crippen molar-refractivity contribution >= 4 is 23.1 Å². The smallest absolute Gasteiger partial charge is 0.413 e. The third-order valence-corrected chi connectivity index (χ3v) is 2.06. The SMILES string of the molecule is COc1nc(NC(=O)OC(C)(C)C)c2nc[nH]c2n1. The zero-order chi connectivity index (χ0) is 14.0. The molecular weight excluding hydrogens is 250 g/mol. The molecule has 8 nitrogen and oxygen atoms in total. The van der Waals surface area contributed by atoms with Crippen LogP contribution in [0.5, 0.6) is 6.01 Å². The molecule has 1 amide bonds. The molecule has 0 spiro atoms. The maximum Gasteiger partial charge on any atom is 0.413 e. The van der Waals surface area contributed by atoms with Gasteiger partial charge >= 0.3 is 12.1 Å². The molecule has 2 N–H and O–H groups in total. The molecule has 2 aromatic rings.